The summed E-state index contributed by atoms with van der Waals surface area (Å²) in [5.41, 5.74) is 2.35. The Bertz CT molecular complexity index is 685. The predicted molar refractivity (Wildman–Crippen MR) is 113 cm³/mol. The van der Waals surface area contributed by atoms with E-state index in [2.05, 4.69) is 25.7 Å². The molecule has 4 atom stereocenters. The Morgan fingerprint density at radius 3 is 2.93 bits per heavy atom. The number of carbonyl (C=O) groups is 1. The van der Waals surface area contributed by atoms with E-state index in [0.29, 0.717) is 31.6 Å². The van der Waals surface area contributed by atoms with Crippen LogP contribution in [0.25, 0.3) is 0 Å². The Labute approximate surface area is 174 Å². The van der Waals surface area contributed by atoms with Crippen LogP contribution in [0.5, 0.6) is 0 Å². The van der Waals surface area contributed by atoms with Crippen molar-refractivity contribution in [3.8, 4) is 0 Å². The molecule has 0 aliphatic heterocycles. The van der Waals surface area contributed by atoms with Crippen LogP contribution in [0, 0.1) is 22.7 Å². The lowest BCUT2D eigenvalue weighted by Gasteiger charge is -2.58. The molecule has 2 aliphatic rings. The van der Waals surface area contributed by atoms with Gasteiger partial charge >= 0.3 is 0 Å². The number of aryl methyl sites for hydroxylation is 1. The van der Waals surface area contributed by atoms with Crippen molar-refractivity contribution in [3.63, 3.8) is 0 Å². The summed E-state index contributed by atoms with van der Waals surface area (Å²) >= 11 is 0. The van der Waals surface area contributed by atoms with Gasteiger partial charge in [0, 0.05) is 12.0 Å². The van der Waals surface area contributed by atoms with E-state index in [0.717, 1.165) is 44.9 Å². The van der Waals surface area contributed by atoms with Crippen molar-refractivity contribution in [2.24, 2.45) is 22.7 Å². The summed E-state index contributed by atoms with van der Waals surface area (Å²) in [6, 6.07) is 2.04. The minimum Gasteiger partial charge on any atom is -0.472 e. The second-order valence-corrected chi connectivity index (χ2v) is 9.34. The molecule has 5 nitrogen and oxygen atoms in total. The molecule has 0 aromatic carbocycles. The van der Waals surface area contributed by atoms with Gasteiger partial charge in [0.05, 0.1) is 32.3 Å². The van der Waals surface area contributed by atoms with Crippen molar-refractivity contribution in [1.82, 2.24) is 5.32 Å². The van der Waals surface area contributed by atoms with Crippen molar-refractivity contribution in [2.45, 2.75) is 58.8 Å². The number of aliphatic hydroxyl groups is 1. The molecule has 2 aliphatic carbocycles. The summed E-state index contributed by atoms with van der Waals surface area (Å²) in [6.45, 7) is 10.3. The quantitative estimate of drug-likeness (QED) is 0.481. The van der Waals surface area contributed by atoms with Crippen LogP contribution in [-0.2, 0) is 16.0 Å². The fraction of sp³-hybridized carbons (Fsp3) is 0.708. The summed E-state index contributed by atoms with van der Waals surface area (Å²) in [7, 11) is 0. The summed E-state index contributed by atoms with van der Waals surface area (Å²) < 4.78 is 10.5. The predicted octanol–water partition coefficient (Wildman–Crippen LogP) is 4.12. The van der Waals surface area contributed by atoms with Gasteiger partial charge in [-0.2, -0.15) is 0 Å². The van der Waals surface area contributed by atoms with Crippen LogP contribution in [0.4, 0.5) is 0 Å². The lowest BCUT2D eigenvalue weighted by molar-refractivity contribution is -0.146. The third-order valence-electron chi connectivity index (χ3n) is 7.61. The van der Waals surface area contributed by atoms with Crippen LogP contribution in [-0.4, -0.2) is 37.4 Å². The van der Waals surface area contributed by atoms with E-state index in [1.165, 1.54) is 11.1 Å². The second-order valence-electron chi connectivity index (χ2n) is 9.34. The van der Waals surface area contributed by atoms with Gasteiger partial charge in [0.2, 0.25) is 5.91 Å². The number of nitrogens with one attached hydrogen (secondary N) is 1. The number of carbonyl (C=O) groups excluding carboxylic acids is 1. The van der Waals surface area contributed by atoms with Gasteiger partial charge in [-0.05, 0) is 67.4 Å². The summed E-state index contributed by atoms with van der Waals surface area (Å²) in [5.74, 6) is 0.959. The Morgan fingerprint density at radius 1 is 1.38 bits per heavy atom. The highest BCUT2D eigenvalue weighted by Crippen LogP contribution is 2.61. The number of amides is 1. The van der Waals surface area contributed by atoms with Gasteiger partial charge in [0.1, 0.15) is 0 Å². The number of allylic oxidation sites excluding steroid dienone is 1. The maximum Gasteiger partial charge on any atom is 0.226 e. The lowest BCUT2D eigenvalue weighted by Crippen LogP contribution is -2.56. The Kier molecular flexibility index (Phi) is 7.23. The first kappa shape index (κ1) is 22.1. The zero-order valence-corrected chi connectivity index (χ0v) is 18.0. The maximum absolute atomic E-state index is 13.2. The molecule has 1 aromatic heterocycles. The molecule has 1 amide bonds. The van der Waals surface area contributed by atoms with Gasteiger partial charge in [0.25, 0.3) is 0 Å². The minimum atomic E-state index is -0.349. The smallest absolute Gasteiger partial charge is 0.226 e. The van der Waals surface area contributed by atoms with E-state index < -0.39 is 0 Å². The van der Waals surface area contributed by atoms with Crippen molar-refractivity contribution in [2.75, 3.05) is 26.4 Å². The molecule has 0 unspecified atom stereocenters. The number of hydrogen-bond donors (Lipinski definition) is 2. The molecule has 162 valence electrons. The molecule has 0 bridgehead atoms. The van der Waals surface area contributed by atoms with Crippen LogP contribution in [0.15, 0.2) is 35.2 Å². The monoisotopic (exact) mass is 403 g/mol. The van der Waals surface area contributed by atoms with Crippen LogP contribution in [0.3, 0.4) is 0 Å². The minimum absolute atomic E-state index is 0.0101. The molecule has 1 aromatic rings. The van der Waals surface area contributed by atoms with E-state index in [9.17, 15) is 4.79 Å². The van der Waals surface area contributed by atoms with Crippen molar-refractivity contribution < 1.29 is 19.1 Å². The number of aliphatic hydroxyl groups excluding tert-OH is 1. The highest BCUT2D eigenvalue weighted by molar-refractivity contribution is 5.83. The maximum atomic E-state index is 13.2. The molecule has 0 spiro atoms. The average Bonchev–Trinajstić information content (AvgIpc) is 3.20. The summed E-state index contributed by atoms with van der Waals surface area (Å²) in [4.78, 5) is 13.2. The van der Waals surface area contributed by atoms with Gasteiger partial charge in [0.15, 0.2) is 0 Å². The van der Waals surface area contributed by atoms with E-state index in [1.807, 2.05) is 12.3 Å². The van der Waals surface area contributed by atoms with E-state index in [4.69, 9.17) is 14.3 Å². The van der Waals surface area contributed by atoms with Gasteiger partial charge in [-0.15, -0.1) is 0 Å². The zero-order chi connectivity index (χ0) is 20.9. The molecule has 5 heteroatoms. The van der Waals surface area contributed by atoms with E-state index in [1.54, 1.807) is 6.26 Å². The highest BCUT2D eigenvalue weighted by atomic mass is 16.5. The molecule has 2 N–H and O–H groups in total. The zero-order valence-electron chi connectivity index (χ0n) is 18.0. The molecule has 2 saturated carbocycles. The third-order valence-corrected chi connectivity index (χ3v) is 7.61. The van der Waals surface area contributed by atoms with Crippen LogP contribution in [0.2, 0.25) is 0 Å². The van der Waals surface area contributed by atoms with E-state index in [-0.39, 0.29) is 23.3 Å². The van der Waals surface area contributed by atoms with Crippen LogP contribution in [0.1, 0.15) is 57.9 Å². The van der Waals surface area contributed by atoms with Crippen molar-refractivity contribution >= 4 is 5.91 Å². The van der Waals surface area contributed by atoms with Crippen LogP contribution < -0.4 is 5.32 Å². The molecule has 0 saturated heterocycles. The largest absolute Gasteiger partial charge is 0.472 e. The fourth-order valence-electron chi connectivity index (χ4n) is 6.11. The molecule has 0 radical (unpaired) electrons. The molecule has 3 rings (SSSR count). The Balaban J connectivity index is 1.70. The first-order chi connectivity index (χ1) is 13.9. The highest BCUT2D eigenvalue weighted by Gasteiger charge is 2.56. The fourth-order valence-corrected chi connectivity index (χ4v) is 6.11. The van der Waals surface area contributed by atoms with Crippen molar-refractivity contribution in [3.05, 3.63) is 36.3 Å². The standard InChI is InChI=1S/C24H37NO4/c1-18-5-8-21-23(2,20(18)7-6-19-9-14-29-17-19)10-4-11-24(21,3)22(27)25-12-15-28-16-13-26/h9,14,17,20-21,26H,1,4-8,10-13,15-16H2,2-3H3,(H,25,27)/t20-,21+,23+,24+/m1/s1. The number of fused-ring (bicyclic) bond motifs is 1. The normalized spacial score (nSPS) is 32.0. The number of furan rings is 1. The SMILES string of the molecule is C=C1CC[C@H]2[C@@](C)(CCC[C@]2(C)C(=O)NCCOCCO)[C@@H]1CCc1ccoc1. The molecular weight excluding hydrogens is 366 g/mol. The van der Waals surface area contributed by atoms with Gasteiger partial charge in [-0.25, -0.2) is 0 Å². The first-order valence-electron chi connectivity index (χ1n) is 11.1. The molecule has 1 heterocycles. The van der Waals surface area contributed by atoms with E-state index >= 15 is 0 Å². The van der Waals surface area contributed by atoms with Gasteiger partial charge in [-0.1, -0.05) is 32.4 Å². The summed E-state index contributed by atoms with van der Waals surface area (Å²) in [6.07, 6.45) is 10.9. The van der Waals surface area contributed by atoms with Crippen LogP contribution >= 0.6 is 0 Å². The Morgan fingerprint density at radius 2 is 2.21 bits per heavy atom. The molecule has 2 fully saturated rings. The van der Waals surface area contributed by atoms with Gasteiger partial charge < -0.3 is 19.6 Å². The number of ether oxygens (including phenoxy) is 1. The van der Waals surface area contributed by atoms with Crippen molar-refractivity contribution in [1.29, 1.82) is 0 Å². The molecular formula is C24H37NO4. The van der Waals surface area contributed by atoms with Gasteiger partial charge in [-0.3, -0.25) is 4.79 Å². The average molecular weight is 404 g/mol. The first-order valence-corrected chi connectivity index (χ1v) is 11.1. The second kappa shape index (κ2) is 9.48. The topological polar surface area (TPSA) is 71.7 Å². The number of hydrogen-bond acceptors (Lipinski definition) is 4. The Hall–Kier alpha value is -1.59. The number of rotatable bonds is 9. The molecule has 29 heavy (non-hydrogen) atoms. The summed E-state index contributed by atoms with van der Waals surface area (Å²) in [5, 5.41) is 11.9. The third kappa shape index (κ3) is 4.61. The lowest BCUT2D eigenvalue weighted by atomic mass is 9.46.